The lowest BCUT2D eigenvalue weighted by Gasteiger charge is -2.39. The molecule has 1 amide bonds. The van der Waals surface area contributed by atoms with E-state index in [2.05, 4.69) is 17.1 Å². The number of fused-ring (bicyclic) bond motifs is 1. The van der Waals surface area contributed by atoms with Crippen LogP contribution in [0.25, 0.3) is 16.5 Å². The number of hydrogen-bond acceptors (Lipinski definition) is 5. The van der Waals surface area contributed by atoms with Gasteiger partial charge in [0.1, 0.15) is 5.75 Å². The van der Waals surface area contributed by atoms with E-state index in [0.717, 1.165) is 17.5 Å². The van der Waals surface area contributed by atoms with Crippen molar-refractivity contribution in [2.45, 2.75) is 44.4 Å². The molecule has 1 saturated heterocycles. The highest BCUT2D eigenvalue weighted by Crippen LogP contribution is 2.35. The third-order valence-electron chi connectivity index (χ3n) is 9.01. The van der Waals surface area contributed by atoms with Crippen molar-refractivity contribution >= 4 is 16.7 Å². The quantitative estimate of drug-likeness (QED) is 0.205. The molecule has 0 radical (unpaired) electrons. The topological polar surface area (TPSA) is 83.8 Å². The lowest BCUT2D eigenvalue weighted by molar-refractivity contribution is -0.0282. The molecule has 0 saturated carbocycles. The molecule has 1 atom stereocenters. The molecule has 1 aromatic heterocycles. The second-order valence-electron chi connectivity index (χ2n) is 11.7. The van der Waals surface area contributed by atoms with Crippen molar-refractivity contribution in [2.24, 2.45) is 0 Å². The number of pyridine rings is 1. The van der Waals surface area contributed by atoms with Crippen LogP contribution in [0.2, 0.25) is 0 Å². The van der Waals surface area contributed by atoms with Crippen molar-refractivity contribution in [2.75, 3.05) is 20.2 Å². The summed E-state index contributed by atoms with van der Waals surface area (Å²) in [4.78, 5) is 30.8. The Labute approximate surface area is 263 Å². The van der Waals surface area contributed by atoms with Gasteiger partial charge in [-0.05, 0) is 60.7 Å². The van der Waals surface area contributed by atoms with Gasteiger partial charge in [-0.3, -0.25) is 19.1 Å². The molecule has 0 aliphatic carbocycles. The summed E-state index contributed by atoms with van der Waals surface area (Å²) in [5.74, 6) is 0.495. The van der Waals surface area contributed by atoms with Crippen LogP contribution in [0.1, 0.15) is 59.4 Å². The Morgan fingerprint density at radius 2 is 1.53 bits per heavy atom. The standard InChI is InChI=1S/C38H39N3O4/c1-3-33(27-13-6-4-7-14-27)39-36(42)35-31-19-10-11-20-32(31)37(43)41(29-16-8-5-9-17-29)34(35)26-40-23-21-38(44,22-24-40)28-15-12-18-30(25-28)45-2/h4-20,25,33,44H,3,21-24,26H2,1-2H3,(H,39,42)/t33-/m0/s1. The zero-order valence-corrected chi connectivity index (χ0v) is 25.8. The van der Waals surface area contributed by atoms with Gasteiger partial charge in [0.15, 0.2) is 0 Å². The number of hydrogen-bond donors (Lipinski definition) is 2. The van der Waals surface area contributed by atoms with E-state index in [0.29, 0.717) is 65.9 Å². The maximum absolute atomic E-state index is 14.4. The number of piperidine rings is 1. The molecule has 5 aromatic rings. The highest BCUT2D eigenvalue weighted by atomic mass is 16.5. The van der Waals surface area contributed by atoms with Crippen LogP contribution in [0.15, 0.2) is 114 Å². The first-order chi connectivity index (χ1) is 21.9. The number of carbonyl (C=O) groups excluding carboxylic acids is 1. The van der Waals surface area contributed by atoms with Gasteiger partial charge < -0.3 is 15.2 Å². The second-order valence-corrected chi connectivity index (χ2v) is 11.7. The van der Waals surface area contributed by atoms with Crippen molar-refractivity contribution in [1.82, 2.24) is 14.8 Å². The normalized spacial score (nSPS) is 15.4. The third-order valence-corrected chi connectivity index (χ3v) is 9.01. The van der Waals surface area contributed by atoms with E-state index in [4.69, 9.17) is 4.74 Å². The number of amides is 1. The number of carbonyl (C=O) groups is 1. The van der Waals surface area contributed by atoms with Gasteiger partial charge in [-0.2, -0.15) is 0 Å². The molecule has 7 nitrogen and oxygen atoms in total. The van der Waals surface area contributed by atoms with Crippen LogP contribution >= 0.6 is 0 Å². The number of likely N-dealkylation sites (tertiary alicyclic amines) is 1. The minimum Gasteiger partial charge on any atom is -0.497 e. The summed E-state index contributed by atoms with van der Waals surface area (Å²) in [7, 11) is 1.62. The number of para-hydroxylation sites is 1. The molecule has 2 N–H and O–H groups in total. The number of benzene rings is 4. The summed E-state index contributed by atoms with van der Waals surface area (Å²) in [6, 6.07) is 34.3. The van der Waals surface area contributed by atoms with Gasteiger partial charge in [-0.25, -0.2) is 0 Å². The number of rotatable bonds is 9. The molecular weight excluding hydrogens is 562 g/mol. The zero-order chi connectivity index (χ0) is 31.4. The number of nitrogens with one attached hydrogen (secondary N) is 1. The summed E-state index contributed by atoms with van der Waals surface area (Å²) in [6.07, 6.45) is 1.74. The van der Waals surface area contributed by atoms with E-state index in [9.17, 15) is 14.7 Å². The Balaban J connectivity index is 1.42. The van der Waals surface area contributed by atoms with Crippen LogP contribution in [0.4, 0.5) is 0 Å². The maximum atomic E-state index is 14.4. The van der Waals surface area contributed by atoms with Crippen LogP contribution in [-0.4, -0.2) is 40.7 Å². The average Bonchev–Trinajstić information content (AvgIpc) is 3.09. The fourth-order valence-electron chi connectivity index (χ4n) is 6.48. The number of aliphatic hydroxyl groups is 1. The van der Waals surface area contributed by atoms with Crippen molar-refractivity contribution in [3.8, 4) is 11.4 Å². The molecule has 7 heteroatoms. The number of ether oxygens (including phenoxy) is 1. The fraction of sp³-hybridized carbons (Fsp3) is 0.263. The zero-order valence-electron chi connectivity index (χ0n) is 25.8. The second kappa shape index (κ2) is 13.1. The predicted molar refractivity (Wildman–Crippen MR) is 178 cm³/mol. The van der Waals surface area contributed by atoms with Crippen LogP contribution in [0.3, 0.4) is 0 Å². The minimum atomic E-state index is -0.988. The summed E-state index contributed by atoms with van der Waals surface area (Å²) >= 11 is 0. The summed E-state index contributed by atoms with van der Waals surface area (Å²) in [5, 5.41) is 16.1. The van der Waals surface area contributed by atoms with Crippen LogP contribution in [0.5, 0.6) is 5.75 Å². The van der Waals surface area contributed by atoms with E-state index >= 15 is 0 Å². The number of methoxy groups -OCH3 is 1. The molecule has 1 aliphatic heterocycles. The lowest BCUT2D eigenvalue weighted by Crippen LogP contribution is -2.43. The molecule has 2 heterocycles. The Hall–Kier alpha value is -4.72. The van der Waals surface area contributed by atoms with Gasteiger partial charge >= 0.3 is 0 Å². The third kappa shape index (κ3) is 6.14. The Bertz CT molecular complexity index is 1840. The van der Waals surface area contributed by atoms with E-state index in [1.807, 2.05) is 103 Å². The van der Waals surface area contributed by atoms with Gasteiger partial charge in [0.25, 0.3) is 11.5 Å². The van der Waals surface area contributed by atoms with E-state index < -0.39 is 5.60 Å². The van der Waals surface area contributed by atoms with Gasteiger partial charge in [0.05, 0.1) is 30.0 Å². The number of nitrogens with zero attached hydrogens (tertiary/aromatic N) is 2. The fourth-order valence-corrected chi connectivity index (χ4v) is 6.48. The van der Waals surface area contributed by atoms with Crippen molar-refractivity contribution in [3.63, 3.8) is 0 Å². The van der Waals surface area contributed by atoms with E-state index in [1.54, 1.807) is 17.7 Å². The van der Waals surface area contributed by atoms with Gasteiger partial charge in [0, 0.05) is 36.1 Å². The van der Waals surface area contributed by atoms with E-state index in [-0.39, 0.29) is 17.5 Å². The first-order valence-electron chi connectivity index (χ1n) is 15.6. The first-order valence-corrected chi connectivity index (χ1v) is 15.6. The summed E-state index contributed by atoms with van der Waals surface area (Å²) in [5.41, 5.74) is 2.55. The van der Waals surface area contributed by atoms with Gasteiger partial charge in [-0.1, -0.05) is 85.8 Å². The summed E-state index contributed by atoms with van der Waals surface area (Å²) in [6.45, 7) is 3.60. The molecule has 0 spiro atoms. The smallest absolute Gasteiger partial charge is 0.263 e. The molecule has 6 rings (SSSR count). The van der Waals surface area contributed by atoms with Gasteiger partial charge in [0.2, 0.25) is 0 Å². The molecule has 0 unspecified atom stereocenters. The SMILES string of the molecule is CC[C@H](NC(=O)c1c(CN2CCC(O)(c3cccc(OC)c3)CC2)n(-c2ccccc2)c(=O)c2ccccc12)c1ccccc1. The molecule has 230 valence electrons. The molecular formula is C38H39N3O4. The lowest BCUT2D eigenvalue weighted by atomic mass is 9.84. The molecule has 1 aliphatic rings. The largest absolute Gasteiger partial charge is 0.497 e. The van der Waals surface area contributed by atoms with Crippen LogP contribution < -0.4 is 15.6 Å². The summed E-state index contributed by atoms with van der Waals surface area (Å²) < 4.78 is 7.10. The first kappa shape index (κ1) is 30.3. The van der Waals surface area contributed by atoms with Crippen LogP contribution in [0, 0.1) is 0 Å². The van der Waals surface area contributed by atoms with Gasteiger partial charge in [-0.15, -0.1) is 0 Å². The van der Waals surface area contributed by atoms with Crippen molar-refractivity contribution in [1.29, 1.82) is 0 Å². The predicted octanol–water partition coefficient (Wildman–Crippen LogP) is 6.36. The van der Waals surface area contributed by atoms with Crippen molar-refractivity contribution in [3.05, 3.63) is 142 Å². The van der Waals surface area contributed by atoms with Crippen LogP contribution in [-0.2, 0) is 12.1 Å². The van der Waals surface area contributed by atoms with E-state index in [1.165, 1.54) is 0 Å². The highest BCUT2D eigenvalue weighted by molar-refractivity contribution is 6.08. The molecule has 1 fully saturated rings. The molecule has 45 heavy (non-hydrogen) atoms. The average molecular weight is 602 g/mol. The maximum Gasteiger partial charge on any atom is 0.263 e. The van der Waals surface area contributed by atoms with Crippen molar-refractivity contribution < 1.29 is 14.6 Å². The Morgan fingerprint density at radius 1 is 0.889 bits per heavy atom. The Morgan fingerprint density at radius 3 is 2.20 bits per heavy atom. The Kier molecular flexibility index (Phi) is 8.83. The minimum absolute atomic E-state index is 0.164. The molecule has 4 aromatic carbocycles. The number of aromatic nitrogens is 1. The highest BCUT2D eigenvalue weighted by Gasteiger charge is 2.35. The monoisotopic (exact) mass is 601 g/mol. The molecule has 0 bridgehead atoms.